The Bertz CT molecular complexity index is 1550. The van der Waals surface area contributed by atoms with E-state index in [1.165, 1.54) is 89.5 Å². The van der Waals surface area contributed by atoms with Gasteiger partial charge in [0.15, 0.2) is 11.5 Å². The predicted molar refractivity (Wildman–Crippen MR) is 206 cm³/mol. The third-order valence-electron chi connectivity index (χ3n) is 13.5. The van der Waals surface area contributed by atoms with Crippen LogP contribution >= 0.6 is 0 Å². The number of piperidine rings is 1. The molecule has 7 heteroatoms. The van der Waals surface area contributed by atoms with Crippen molar-refractivity contribution in [3.8, 4) is 17.2 Å². The van der Waals surface area contributed by atoms with E-state index < -0.39 is 5.97 Å². The number of rotatable bonds is 17. The fraction of sp³-hybridized carbons (Fsp3) is 0.644. The molecule has 52 heavy (non-hydrogen) atoms. The van der Waals surface area contributed by atoms with Crippen LogP contribution in [0.25, 0.3) is 0 Å². The minimum atomic E-state index is -0.425. The number of hydrogen-bond donors (Lipinski definition) is 1. The van der Waals surface area contributed by atoms with Gasteiger partial charge in [-0.1, -0.05) is 94.2 Å². The Kier molecular flexibility index (Phi) is 11.9. The SMILES string of the molecule is C=CCN1CC[C@]23c4c5c(O)cc(OC(C)=O)c4O[C@H]2[C@@H](N(CC2CCCCC2)C(=O)CCCCCCCCCCc2ccccc2)CC[C@H]3[C@H]1C5. The number of benzene rings is 2. The number of ether oxygens (including phenoxy) is 2. The topological polar surface area (TPSA) is 79.3 Å². The number of unbranched alkanes of at least 4 members (excludes halogenated alkanes) is 7. The molecule has 7 rings (SSSR count). The van der Waals surface area contributed by atoms with E-state index in [-0.39, 0.29) is 35.3 Å². The number of aromatic hydroxyl groups is 1. The second-order valence-electron chi connectivity index (χ2n) is 16.7. The van der Waals surface area contributed by atoms with Crippen LogP contribution in [-0.2, 0) is 27.8 Å². The van der Waals surface area contributed by atoms with Gasteiger partial charge in [0, 0.05) is 55.1 Å². The summed E-state index contributed by atoms with van der Waals surface area (Å²) in [5.74, 6) is 1.87. The van der Waals surface area contributed by atoms with Crippen molar-refractivity contribution in [2.45, 2.75) is 153 Å². The highest BCUT2D eigenvalue weighted by Crippen LogP contribution is 2.65. The maximum atomic E-state index is 14.5. The van der Waals surface area contributed by atoms with Gasteiger partial charge in [0.05, 0.1) is 6.04 Å². The van der Waals surface area contributed by atoms with Crippen LogP contribution in [0.2, 0.25) is 0 Å². The van der Waals surface area contributed by atoms with E-state index in [1.54, 1.807) is 6.07 Å². The molecule has 2 heterocycles. The number of carbonyl (C=O) groups is 2. The van der Waals surface area contributed by atoms with Crippen LogP contribution in [0, 0.1) is 11.8 Å². The Labute approximate surface area is 312 Å². The molecule has 2 aromatic carbocycles. The lowest BCUT2D eigenvalue weighted by molar-refractivity contribution is -0.144. The summed E-state index contributed by atoms with van der Waals surface area (Å²) in [5.41, 5.74) is 3.11. The van der Waals surface area contributed by atoms with E-state index in [0.717, 1.165) is 69.3 Å². The highest BCUT2D eigenvalue weighted by atomic mass is 16.6. The van der Waals surface area contributed by atoms with Gasteiger partial charge in [0.2, 0.25) is 5.91 Å². The lowest BCUT2D eigenvalue weighted by Crippen LogP contribution is -2.69. The standard InChI is InChI=1S/C45H62N2O5/c1-3-27-46-28-26-45-36-24-25-37(44(45)52-43-40(51-32(2)48)30-39(49)35(42(43)45)29-38(36)46)47(31-34-21-15-11-16-22-34)41(50)23-17-9-7-5-4-6-8-12-18-33-19-13-10-14-20-33/h3,10,13-14,19-20,30,34,36-38,44,49H,1,4-9,11-12,15-18,21-29,31H2,2H3/t36-,37-,38+,44-,45-/m0/s1. The molecule has 3 aliphatic carbocycles. The minimum Gasteiger partial charge on any atom is -0.508 e. The molecule has 2 saturated carbocycles. The molecule has 0 aromatic heterocycles. The number of aryl methyl sites for hydroxylation is 1. The summed E-state index contributed by atoms with van der Waals surface area (Å²) < 4.78 is 12.8. The first-order chi connectivity index (χ1) is 25.4. The van der Waals surface area contributed by atoms with Gasteiger partial charge in [-0.3, -0.25) is 14.5 Å². The fourth-order valence-electron chi connectivity index (χ4n) is 11.1. The summed E-state index contributed by atoms with van der Waals surface area (Å²) in [6.45, 7) is 8.00. The normalized spacial score (nSPS) is 26.3. The van der Waals surface area contributed by atoms with E-state index >= 15 is 0 Å². The first-order valence-electron chi connectivity index (χ1n) is 20.8. The van der Waals surface area contributed by atoms with Gasteiger partial charge in [-0.05, 0) is 81.7 Å². The third kappa shape index (κ3) is 7.54. The average Bonchev–Trinajstić information content (AvgIpc) is 3.49. The number of phenols is 1. The molecule has 282 valence electrons. The number of likely N-dealkylation sites (tertiary alicyclic amines) is 1. The highest BCUT2D eigenvalue weighted by Gasteiger charge is 2.67. The Morgan fingerprint density at radius 2 is 1.73 bits per heavy atom. The van der Waals surface area contributed by atoms with Crippen molar-refractivity contribution in [1.29, 1.82) is 0 Å². The molecule has 0 unspecified atom stereocenters. The number of phenolic OH excluding ortho intramolecular Hbond substituents is 1. The maximum Gasteiger partial charge on any atom is 0.308 e. The van der Waals surface area contributed by atoms with Gasteiger partial charge in [0.25, 0.3) is 0 Å². The number of nitrogens with zero attached hydrogens (tertiary/aromatic N) is 2. The smallest absolute Gasteiger partial charge is 0.308 e. The Balaban J connectivity index is 1.04. The van der Waals surface area contributed by atoms with Crippen LogP contribution in [0.3, 0.4) is 0 Å². The summed E-state index contributed by atoms with van der Waals surface area (Å²) in [6, 6.07) is 12.6. The van der Waals surface area contributed by atoms with Crippen molar-refractivity contribution < 1.29 is 24.2 Å². The number of amides is 1. The van der Waals surface area contributed by atoms with Gasteiger partial charge < -0.3 is 19.5 Å². The lowest BCUT2D eigenvalue weighted by atomic mass is 9.50. The summed E-state index contributed by atoms with van der Waals surface area (Å²) in [5, 5.41) is 11.4. The second-order valence-corrected chi connectivity index (χ2v) is 16.7. The van der Waals surface area contributed by atoms with Crippen molar-refractivity contribution in [1.82, 2.24) is 9.80 Å². The predicted octanol–water partition coefficient (Wildman–Crippen LogP) is 9.07. The first-order valence-corrected chi connectivity index (χ1v) is 20.8. The Morgan fingerprint density at radius 3 is 2.46 bits per heavy atom. The van der Waals surface area contributed by atoms with Crippen LogP contribution in [0.1, 0.15) is 133 Å². The molecule has 1 amide bonds. The molecular formula is C45H62N2O5. The molecule has 1 N–H and O–H groups in total. The largest absolute Gasteiger partial charge is 0.508 e. The molecule has 5 aliphatic rings. The second kappa shape index (κ2) is 16.8. The van der Waals surface area contributed by atoms with Crippen molar-refractivity contribution >= 4 is 11.9 Å². The zero-order valence-electron chi connectivity index (χ0n) is 31.7. The van der Waals surface area contributed by atoms with E-state index in [9.17, 15) is 14.7 Å². The minimum absolute atomic E-state index is 0.0427. The Hall–Kier alpha value is -3.32. The highest BCUT2D eigenvalue weighted by molar-refractivity contribution is 5.77. The van der Waals surface area contributed by atoms with E-state index in [1.807, 2.05) is 6.08 Å². The molecule has 7 nitrogen and oxygen atoms in total. The van der Waals surface area contributed by atoms with Gasteiger partial charge in [-0.15, -0.1) is 6.58 Å². The molecule has 2 aliphatic heterocycles. The van der Waals surface area contributed by atoms with Gasteiger partial charge >= 0.3 is 5.97 Å². The first kappa shape index (κ1) is 37.0. The van der Waals surface area contributed by atoms with Crippen LogP contribution in [-0.4, -0.2) is 64.6 Å². The molecular weight excluding hydrogens is 649 g/mol. The summed E-state index contributed by atoms with van der Waals surface area (Å²) in [6.07, 6.45) is 22.9. The quantitative estimate of drug-likeness (QED) is 0.0764. The summed E-state index contributed by atoms with van der Waals surface area (Å²) in [7, 11) is 0. The Morgan fingerprint density at radius 1 is 1.00 bits per heavy atom. The van der Waals surface area contributed by atoms with E-state index in [2.05, 4.69) is 46.7 Å². The molecule has 1 saturated heterocycles. The lowest BCUT2D eigenvalue weighted by Gasteiger charge is -2.60. The maximum absolute atomic E-state index is 14.5. The number of esters is 1. The van der Waals surface area contributed by atoms with Gasteiger partial charge in [-0.25, -0.2) is 0 Å². The molecule has 3 fully saturated rings. The van der Waals surface area contributed by atoms with Crippen molar-refractivity contribution in [3.05, 3.63) is 65.7 Å². The number of carbonyl (C=O) groups excluding carboxylic acids is 2. The van der Waals surface area contributed by atoms with Crippen molar-refractivity contribution in [2.24, 2.45) is 11.8 Å². The number of hydrogen-bond acceptors (Lipinski definition) is 6. The zero-order chi connectivity index (χ0) is 36.1. The van der Waals surface area contributed by atoms with Gasteiger partial charge in [0.1, 0.15) is 11.9 Å². The van der Waals surface area contributed by atoms with Gasteiger partial charge in [-0.2, -0.15) is 0 Å². The summed E-state index contributed by atoms with van der Waals surface area (Å²) >= 11 is 0. The molecule has 2 aromatic rings. The summed E-state index contributed by atoms with van der Waals surface area (Å²) in [4.78, 5) is 31.6. The van der Waals surface area contributed by atoms with Crippen LogP contribution in [0.15, 0.2) is 49.1 Å². The molecule has 5 atom stereocenters. The molecule has 0 radical (unpaired) electrons. The van der Waals surface area contributed by atoms with Crippen molar-refractivity contribution in [3.63, 3.8) is 0 Å². The third-order valence-corrected chi connectivity index (χ3v) is 13.5. The van der Waals surface area contributed by atoms with Crippen LogP contribution in [0.5, 0.6) is 17.2 Å². The molecule has 2 bridgehead atoms. The van der Waals surface area contributed by atoms with Crippen LogP contribution < -0.4 is 9.47 Å². The van der Waals surface area contributed by atoms with E-state index in [0.29, 0.717) is 29.8 Å². The van der Waals surface area contributed by atoms with Crippen LogP contribution in [0.4, 0.5) is 0 Å². The fourth-order valence-corrected chi connectivity index (χ4v) is 11.1. The monoisotopic (exact) mass is 710 g/mol. The van der Waals surface area contributed by atoms with Crippen molar-refractivity contribution in [2.75, 3.05) is 19.6 Å². The molecule has 1 spiro atoms. The van der Waals surface area contributed by atoms with E-state index in [4.69, 9.17) is 9.47 Å². The average molecular weight is 711 g/mol. The zero-order valence-corrected chi connectivity index (χ0v) is 31.7.